The zero-order valence-electron chi connectivity index (χ0n) is 23.8. The first kappa shape index (κ1) is 25.5. The lowest BCUT2D eigenvalue weighted by Crippen LogP contribution is -2.31. The SMILES string of the molecule is Cc1ccc(-c2c(C)ccc3c2oc2c(-c4ccc(-c5cccc(-c6ccccc6)c5)cc4)c(C#N)ccc23)[n+](C)c1. The van der Waals surface area contributed by atoms with Crippen molar-refractivity contribution in [1.82, 2.24) is 0 Å². The highest BCUT2D eigenvalue weighted by Crippen LogP contribution is 2.42. The van der Waals surface area contributed by atoms with Gasteiger partial charge < -0.3 is 4.42 Å². The molecule has 3 nitrogen and oxygen atoms in total. The molecule has 0 aliphatic carbocycles. The van der Waals surface area contributed by atoms with Crippen molar-refractivity contribution in [3.63, 3.8) is 0 Å². The van der Waals surface area contributed by atoms with E-state index in [1.54, 1.807) is 0 Å². The summed E-state index contributed by atoms with van der Waals surface area (Å²) >= 11 is 0. The standard InChI is InChI=1S/C39H29N2O/c1-25-12-21-35(41(3)24-25)36-26(2)13-19-33-34-20-18-32(23-40)37(39(34)42-38(33)36)29-16-14-28(15-17-29)31-11-7-10-30(22-31)27-8-5-4-6-9-27/h4-22,24H,1-3H3/q+1. The Morgan fingerprint density at radius 2 is 1.21 bits per heavy atom. The first-order chi connectivity index (χ1) is 20.5. The van der Waals surface area contributed by atoms with Gasteiger partial charge in [-0.1, -0.05) is 84.9 Å². The van der Waals surface area contributed by atoms with E-state index in [1.807, 2.05) is 18.2 Å². The van der Waals surface area contributed by atoms with Crippen molar-refractivity contribution < 1.29 is 8.98 Å². The zero-order chi connectivity index (χ0) is 28.8. The summed E-state index contributed by atoms with van der Waals surface area (Å²) in [6.07, 6.45) is 2.13. The predicted octanol–water partition coefficient (Wildman–Crippen LogP) is 9.57. The number of benzene rings is 5. The number of aromatic nitrogens is 1. The number of nitrogens with zero attached hydrogens (tertiary/aromatic N) is 2. The molecular formula is C39H29N2O+. The normalized spacial score (nSPS) is 11.2. The summed E-state index contributed by atoms with van der Waals surface area (Å²) in [7, 11) is 2.07. The summed E-state index contributed by atoms with van der Waals surface area (Å²) in [5, 5.41) is 12.2. The van der Waals surface area contributed by atoms with Gasteiger partial charge in [0.1, 0.15) is 18.2 Å². The van der Waals surface area contributed by atoms with Crippen molar-refractivity contribution in [1.29, 1.82) is 5.26 Å². The summed E-state index contributed by atoms with van der Waals surface area (Å²) < 4.78 is 8.90. The highest BCUT2D eigenvalue weighted by atomic mass is 16.3. The Kier molecular flexibility index (Phi) is 6.18. The van der Waals surface area contributed by atoms with E-state index in [2.05, 4.69) is 135 Å². The maximum absolute atomic E-state index is 10.1. The third-order valence-corrected chi connectivity index (χ3v) is 8.15. The molecule has 0 bridgehead atoms. The van der Waals surface area contributed by atoms with Crippen LogP contribution in [0.15, 0.2) is 126 Å². The number of aryl methyl sites for hydroxylation is 3. The molecule has 7 aromatic rings. The molecule has 7 rings (SSSR count). The van der Waals surface area contributed by atoms with Crippen LogP contribution in [0.3, 0.4) is 0 Å². The van der Waals surface area contributed by atoms with Gasteiger partial charge in [0.25, 0.3) is 0 Å². The average molecular weight is 542 g/mol. The van der Waals surface area contributed by atoms with Crippen LogP contribution in [0.2, 0.25) is 0 Å². The lowest BCUT2D eigenvalue weighted by Gasteiger charge is -2.09. The van der Waals surface area contributed by atoms with Crippen LogP contribution in [-0.4, -0.2) is 0 Å². The molecule has 2 aromatic heterocycles. The van der Waals surface area contributed by atoms with E-state index in [9.17, 15) is 5.26 Å². The summed E-state index contributed by atoms with van der Waals surface area (Å²) in [6, 6.07) is 42.4. The van der Waals surface area contributed by atoms with E-state index in [0.717, 1.165) is 61.0 Å². The van der Waals surface area contributed by atoms with Crippen LogP contribution in [0.5, 0.6) is 0 Å². The van der Waals surface area contributed by atoms with Crippen LogP contribution < -0.4 is 4.57 Å². The monoisotopic (exact) mass is 541 g/mol. The molecule has 3 heteroatoms. The minimum atomic E-state index is 0.597. The number of furan rings is 1. The van der Waals surface area contributed by atoms with E-state index in [1.165, 1.54) is 16.7 Å². The molecule has 0 saturated carbocycles. The van der Waals surface area contributed by atoms with E-state index in [-0.39, 0.29) is 0 Å². The van der Waals surface area contributed by atoms with Gasteiger partial charge in [0.2, 0.25) is 5.69 Å². The Balaban J connectivity index is 1.37. The number of fused-ring (bicyclic) bond motifs is 3. The van der Waals surface area contributed by atoms with Gasteiger partial charge >= 0.3 is 0 Å². The van der Waals surface area contributed by atoms with Gasteiger partial charge in [-0.25, -0.2) is 4.57 Å². The predicted molar refractivity (Wildman–Crippen MR) is 171 cm³/mol. The molecule has 0 atom stereocenters. The summed E-state index contributed by atoms with van der Waals surface area (Å²) in [5.74, 6) is 0. The van der Waals surface area contributed by atoms with Gasteiger partial charge in [-0.2, -0.15) is 5.26 Å². The summed E-state index contributed by atoms with van der Waals surface area (Å²) in [4.78, 5) is 0. The molecule has 2 heterocycles. The first-order valence-corrected chi connectivity index (χ1v) is 14.1. The van der Waals surface area contributed by atoms with Crippen molar-refractivity contribution in [3.05, 3.63) is 138 Å². The Bertz CT molecular complexity index is 2160. The fourth-order valence-corrected chi connectivity index (χ4v) is 6.04. The van der Waals surface area contributed by atoms with E-state index in [4.69, 9.17) is 4.42 Å². The minimum absolute atomic E-state index is 0.597. The average Bonchev–Trinajstić information content (AvgIpc) is 3.40. The van der Waals surface area contributed by atoms with Gasteiger partial charge in [-0.05, 0) is 71.5 Å². The van der Waals surface area contributed by atoms with E-state index >= 15 is 0 Å². The molecular weight excluding hydrogens is 512 g/mol. The fraction of sp³-hybridized carbons (Fsp3) is 0.0769. The Labute approximate surface area is 245 Å². The highest BCUT2D eigenvalue weighted by Gasteiger charge is 2.23. The van der Waals surface area contributed by atoms with Crippen LogP contribution in [0.1, 0.15) is 16.7 Å². The molecule has 0 spiro atoms. The molecule has 42 heavy (non-hydrogen) atoms. The Hall–Kier alpha value is -5.46. The third-order valence-electron chi connectivity index (χ3n) is 8.15. The maximum atomic E-state index is 10.1. The molecule has 200 valence electrons. The second-order valence-corrected chi connectivity index (χ2v) is 10.9. The van der Waals surface area contributed by atoms with Gasteiger partial charge in [0.05, 0.1) is 17.2 Å². The quantitative estimate of drug-likeness (QED) is 0.208. The second kappa shape index (κ2) is 10.2. The van der Waals surface area contributed by atoms with Gasteiger partial charge in [-0.15, -0.1) is 0 Å². The van der Waals surface area contributed by atoms with Crippen molar-refractivity contribution in [3.8, 4) is 50.7 Å². The largest absolute Gasteiger partial charge is 0.454 e. The Morgan fingerprint density at radius 3 is 1.90 bits per heavy atom. The number of nitriles is 1. The molecule has 0 aliphatic heterocycles. The first-order valence-electron chi connectivity index (χ1n) is 14.1. The molecule has 0 fully saturated rings. The number of hydrogen-bond donors (Lipinski definition) is 0. The molecule has 5 aromatic carbocycles. The summed E-state index contributed by atoms with van der Waals surface area (Å²) in [6.45, 7) is 4.22. The molecule has 0 aliphatic rings. The number of rotatable bonds is 4. The van der Waals surface area contributed by atoms with Crippen molar-refractivity contribution in [2.45, 2.75) is 13.8 Å². The van der Waals surface area contributed by atoms with Crippen LogP contribution in [0.4, 0.5) is 0 Å². The molecule has 0 saturated heterocycles. The van der Waals surface area contributed by atoms with Gasteiger partial charge in [-0.3, -0.25) is 0 Å². The smallest absolute Gasteiger partial charge is 0.216 e. The molecule has 0 radical (unpaired) electrons. The molecule has 0 unspecified atom stereocenters. The van der Waals surface area contributed by atoms with Crippen molar-refractivity contribution in [2.75, 3.05) is 0 Å². The molecule has 0 amide bonds. The van der Waals surface area contributed by atoms with Crippen LogP contribution >= 0.6 is 0 Å². The van der Waals surface area contributed by atoms with Gasteiger partial charge in [0.15, 0.2) is 6.20 Å². The number of hydrogen-bond acceptors (Lipinski definition) is 2. The van der Waals surface area contributed by atoms with Crippen molar-refractivity contribution in [2.24, 2.45) is 7.05 Å². The third kappa shape index (κ3) is 4.26. The Morgan fingerprint density at radius 1 is 0.595 bits per heavy atom. The zero-order valence-corrected chi connectivity index (χ0v) is 23.8. The lowest BCUT2D eigenvalue weighted by atomic mass is 9.94. The topological polar surface area (TPSA) is 40.8 Å². The second-order valence-electron chi connectivity index (χ2n) is 10.9. The number of pyridine rings is 1. The van der Waals surface area contributed by atoms with Gasteiger partial charge in [0, 0.05) is 28.0 Å². The highest BCUT2D eigenvalue weighted by molar-refractivity contribution is 6.14. The fourth-order valence-electron chi connectivity index (χ4n) is 6.04. The summed E-state index contributed by atoms with van der Waals surface area (Å²) in [5.41, 5.74) is 13.1. The van der Waals surface area contributed by atoms with Crippen molar-refractivity contribution >= 4 is 21.9 Å². The lowest BCUT2D eigenvalue weighted by molar-refractivity contribution is -0.660. The minimum Gasteiger partial charge on any atom is -0.454 e. The molecule has 0 N–H and O–H groups in total. The van der Waals surface area contributed by atoms with Crippen LogP contribution in [0.25, 0.3) is 66.6 Å². The van der Waals surface area contributed by atoms with E-state index < -0.39 is 0 Å². The van der Waals surface area contributed by atoms with Crippen LogP contribution in [-0.2, 0) is 7.05 Å². The van der Waals surface area contributed by atoms with E-state index in [0.29, 0.717) is 5.56 Å². The maximum Gasteiger partial charge on any atom is 0.216 e. The van der Waals surface area contributed by atoms with Crippen LogP contribution in [0, 0.1) is 25.2 Å².